The number of carbonyl (C=O) groups is 1. The number of thiazole rings is 1. The number of esters is 1. The molecule has 0 unspecified atom stereocenters. The summed E-state index contributed by atoms with van der Waals surface area (Å²) in [7, 11) is 2.01. The van der Waals surface area contributed by atoms with Gasteiger partial charge in [-0.25, -0.2) is 9.78 Å². The Morgan fingerprint density at radius 2 is 2.17 bits per heavy atom. The van der Waals surface area contributed by atoms with E-state index < -0.39 is 0 Å². The van der Waals surface area contributed by atoms with Crippen molar-refractivity contribution in [3.05, 3.63) is 10.6 Å². The van der Waals surface area contributed by atoms with Gasteiger partial charge in [-0.05, 0) is 26.2 Å². The van der Waals surface area contributed by atoms with Crippen LogP contribution in [0.2, 0.25) is 0 Å². The molecule has 0 saturated carbocycles. The Kier molecular flexibility index (Phi) is 5.59. The van der Waals surface area contributed by atoms with Gasteiger partial charge in [-0.2, -0.15) is 0 Å². The second-order valence-electron chi connectivity index (χ2n) is 4.73. The molecule has 102 valence electrons. The van der Waals surface area contributed by atoms with Gasteiger partial charge in [0.05, 0.1) is 6.61 Å². The first kappa shape index (κ1) is 15.0. The summed E-state index contributed by atoms with van der Waals surface area (Å²) in [6.45, 7) is 9.44. The van der Waals surface area contributed by atoms with Crippen LogP contribution in [0.5, 0.6) is 0 Å². The van der Waals surface area contributed by atoms with Crippen LogP contribution in [0.1, 0.15) is 42.6 Å². The Labute approximate surface area is 113 Å². The fourth-order valence-electron chi connectivity index (χ4n) is 1.48. The van der Waals surface area contributed by atoms with E-state index in [4.69, 9.17) is 4.74 Å². The summed E-state index contributed by atoms with van der Waals surface area (Å²) in [6, 6.07) is 0. The van der Waals surface area contributed by atoms with E-state index in [0.29, 0.717) is 18.2 Å². The quantitative estimate of drug-likeness (QED) is 0.745. The lowest BCUT2D eigenvalue weighted by molar-refractivity contribution is 0.0519. The molecule has 0 bridgehead atoms. The molecule has 1 rings (SSSR count). The monoisotopic (exact) mass is 270 g/mol. The molecule has 0 N–H and O–H groups in total. The molecule has 1 aromatic rings. The van der Waals surface area contributed by atoms with Crippen molar-refractivity contribution in [2.24, 2.45) is 5.92 Å². The van der Waals surface area contributed by atoms with Gasteiger partial charge in [-0.3, -0.25) is 0 Å². The predicted octanol–water partition coefficient (Wildman–Crippen LogP) is 3.11. The van der Waals surface area contributed by atoms with Gasteiger partial charge in [-0.15, -0.1) is 11.3 Å². The van der Waals surface area contributed by atoms with Gasteiger partial charge in [0, 0.05) is 18.5 Å². The van der Waals surface area contributed by atoms with Crippen molar-refractivity contribution in [2.45, 2.75) is 34.1 Å². The minimum Gasteiger partial charge on any atom is -0.461 e. The second kappa shape index (κ2) is 6.73. The summed E-state index contributed by atoms with van der Waals surface area (Å²) in [5, 5.41) is 0.885. The SMILES string of the molecule is CCOC(=O)c1nc(N(C)CCC(C)C)sc1C. The minimum atomic E-state index is -0.324. The maximum atomic E-state index is 11.7. The smallest absolute Gasteiger partial charge is 0.358 e. The molecular formula is C13H22N2O2S. The van der Waals surface area contributed by atoms with E-state index in [9.17, 15) is 4.79 Å². The fourth-order valence-corrected chi connectivity index (χ4v) is 2.37. The first-order chi connectivity index (χ1) is 8.45. The van der Waals surface area contributed by atoms with Crippen molar-refractivity contribution in [1.82, 2.24) is 4.98 Å². The largest absolute Gasteiger partial charge is 0.461 e. The van der Waals surface area contributed by atoms with E-state index in [-0.39, 0.29) is 5.97 Å². The van der Waals surface area contributed by atoms with Crippen LogP contribution in [0, 0.1) is 12.8 Å². The molecule has 0 aromatic carbocycles. The van der Waals surface area contributed by atoms with Crippen LogP contribution in [0.4, 0.5) is 5.13 Å². The van der Waals surface area contributed by atoms with Gasteiger partial charge in [-0.1, -0.05) is 13.8 Å². The normalized spacial score (nSPS) is 10.8. The van der Waals surface area contributed by atoms with Gasteiger partial charge in [0.2, 0.25) is 0 Å². The van der Waals surface area contributed by atoms with Crippen molar-refractivity contribution in [2.75, 3.05) is 25.1 Å². The third-order valence-electron chi connectivity index (χ3n) is 2.62. The maximum absolute atomic E-state index is 11.7. The topological polar surface area (TPSA) is 42.4 Å². The zero-order valence-electron chi connectivity index (χ0n) is 11.8. The third kappa shape index (κ3) is 3.98. The standard InChI is InChI=1S/C13H22N2O2S/c1-6-17-12(16)11-10(4)18-13(14-11)15(5)8-7-9(2)3/h9H,6-8H2,1-5H3. The summed E-state index contributed by atoms with van der Waals surface area (Å²) < 4.78 is 4.99. The van der Waals surface area contributed by atoms with E-state index in [1.54, 1.807) is 18.3 Å². The molecule has 0 amide bonds. The number of ether oxygens (including phenoxy) is 1. The molecule has 0 aliphatic heterocycles. The number of carbonyl (C=O) groups excluding carboxylic acids is 1. The van der Waals surface area contributed by atoms with Crippen molar-refractivity contribution >= 4 is 22.4 Å². The van der Waals surface area contributed by atoms with Gasteiger partial charge < -0.3 is 9.64 Å². The molecular weight excluding hydrogens is 248 g/mol. The van der Waals surface area contributed by atoms with Crippen molar-refractivity contribution in [3.63, 3.8) is 0 Å². The zero-order valence-corrected chi connectivity index (χ0v) is 12.6. The first-order valence-corrected chi connectivity index (χ1v) is 7.13. The van der Waals surface area contributed by atoms with Crippen LogP contribution in [0.15, 0.2) is 0 Å². The highest BCUT2D eigenvalue weighted by Crippen LogP contribution is 2.25. The maximum Gasteiger partial charge on any atom is 0.358 e. The van der Waals surface area contributed by atoms with Crippen LogP contribution in [0.25, 0.3) is 0 Å². The molecule has 0 aliphatic carbocycles. The predicted molar refractivity (Wildman–Crippen MR) is 75.5 cm³/mol. The molecule has 5 heteroatoms. The fraction of sp³-hybridized carbons (Fsp3) is 0.692. The van der Waals surface area contributed by atoms with Crippen LogP contribution in [-0.4, -0.2) is 31.2 Å². The highest BCUT2D eigenvalue weighted by molar-refractivity contribution is 7.15. The number of hydrogen-bond donors (Lipinski definition) is 0. The van der Waals surface area contributed by atoms with Gasteiger partial charge in [0.25, 0.3) is 0 Å². The Balaban J connectivity index is 2.73. The van der Waals surface area contributed by atoms with Gasteiger partial charge >= 0.3 is 5.97 Å². The molecule has 0 atom stereocenters. The zero-order chi connectivity index (χ0) is 13.7. The lowest BCUT2D eigenvalue weighted by Gasteiger charge is -2.16. The summed E-state index contributed by atoms with van der Waals surface area (Å²) in [6.07, 6.45) is 1.11. The van der Waals surface area contributed by atoms with Crippen molar-refractivity contribution < 1.29 is 9.53 Å². The van der Waals surface area contributed by atoms with Crippen molar-refractivity contribution in [1.29, 1.82) is 0 Å². The molecule has 0 fully saturated rings. The van der Waals surface area contributed by atoms with E-state index in [1.807, 2.05) is 14.0 Å². The lowest BCUT2D eigenvalue weighted by Crippen LogP contribution is -2.20. The highest BCUT2D eigenvalue weighted by Gasteiger charge is 2.18. The summed E-state index contributed by atoms with van der Waals surface area (Å²) in [5.41, 5.74) is 0.452. The van der Waals surface area contributed by atoms with Gasteiger partial charge in [0.1, 0.15) is 0 Å². The average Bonchev–Trinajstić information content (AvgIpc) is 2.68. The molecule has 1 aromatic heterocycles. The number of anilines is 1. The number of nitrogens with zero attached hydrogens (tertiary/aromatic N) is 2. The third-order valence-corrected chi connectivity index (χ3v) is 3.71. The first-order valence-electron chi connectivity index (χ1n) is 6.31. The van der Waals surface area contributed by atoms with Crippen LogP contribution >= 0.6 is 11.3 Å². The highest BCUT2D eigenvalue weighted by atomic mass is 32.1. The lowest BCUT2D eigenvalue weighted by atomic mass is 10.1. The Bertz CT molecular complexity index is 402. The molecule has 0 spiro atoms. The molecule has 4 nitrogen and oxygen atoms in total. The second-order valence-corrected chi connectivity index (χ2v) is 5.91. The number of hydrogen-bond acceptors (Lipinski definition) is 5. The minimum absolute atomic E-state index is 0.324. The van der Waals surface area contributed by atoms with Gasteiger partial charge in [0.15, 0.2) is 10.8 Å². The molecule has 1 heterocycles. The van der Waals surface area contributed by atoms with Crippen LogP contribution in [-0.2, 0) is 4.74 Å². The molecule has 18 heavy (non-hydrogen) atoms. The molecule has 0 radical (unpaired) electrons. The van der Waals surface area contributed by atoms with E-state index >= 15 is 0 Å². The molecule has 0 saturated heterocycles. The molecule has 0 aliphatic rings. The number of aromatic nitrogens is 1. The van der Waals surface area contributed by atoms with E-state index in [2.05, 4.69) is 23.7 Å². The summed E-state index contributed by atoms with van der Waals surface area (Å²) in [4.78, 5) is 19.1. The average molecular weight is 270 g/mol. The number of rotatable bonds is 6. The Morgan fingerprint density at radius 1 is 1.50 bits per heavy atom. The van der Waals surface area contributed by atoms with Crippen molar-refractivity contribution in [3.8, 4) is 0 Å². The summed E-state index contributed by atoms with van der Waals surface area (Å²) in [5.74, 6) is 0.341. The van der Waals surface area contributed by atoms with Crippen LogP contribution < -0.4 is 4.90 Å². The van der Waals surface area contributed by atoms with E-state index in [1.165, 1.54) is 0 Å². The van der Waals surface area contributed by atoms with Crippen LogP contribution in [0.3, 0.4) is 0 Å². The Hall–Kier alpha value is -1.10. The van der Waals surface area contributed by atoms with E-state index in [0.717, 1.165) is 23.0 Å². The number of aryl methyl sites for hydroxylation is 1. The Morgan fingerprint density at radius 3 is 2.72 bits per heavy atom. The summed E-state index contributed by atoms with van der Waals surface area (Å²) >= 11 is 1.54.